The maximum Gasteiger partial charge on any atom is 0.240 e. The third-order valence-electron chi connectivity index (χ3n) is 6.03. The molecule has 0 fully saturated rings. The number of nitrogens with zero attached hydrogens (tertiary/aromatic N) is 2. The second kappa shape index (κ2) is 8.84. The molecule has 0 aliphatic rings. The molecule has 0 amide bonds. The molecule has 156 valence electrons. The average Bonchev–Trinajstić information content (AvgIpc) is 3.07. The van der Waals surface area contributed by atoms with Crippen LogP contribution in [0.25, 0.3) is 11.4 Å². The molecule has 0 spiro atoms. The number of rotatable bonds is 6. The van der Waals surface area contributed by atoms with E-state index < -0.39 is 0 Å². The third-order valence-corrected chi connectivity index (χ3v) is 6.03. The lowest BCUT2D eigenvalue weighted by atomic mass is 9.91. The number of para-hydroxylation sites is 2. The molecule has 0 saturated heterocycles. The van der Waals surface area contributed by atoms with Gasteiger partial charge in [-0.3, -0.25) is 0 Å². The molecule has 30 heavy (non-hydrogen) atoms. The Morgan fingerprint density at radius 2 is 1.07 bits per heavy atom. The number of imidazole rings is 1. The lowest BCUT2D eigenvalue weighted by Crippen LogP contribution is -2.49. The average molecular weight is 399 g/mol. The zero-order valence-electron chi connectivity index (χ0n) is 19.9. The zero-order valence-corrected chi connectivity index (χ0v) is 19.9. The molecule has 1 aromatic heterocycles. The Balaban J connectivity index is 2.32. The fourth-order valence-electron chi connectivity index (χ4n) is 4.36. The highest BCUT2D eigenvalue weighted by molar-refractivity contribution is 6.28. The largest absolute Gasteiger partial charge is 0.240 e. The quantitative estimate of drug-likeness (QED) is 0.353. The Hall–Kier alpha value is -2.29. The maximum absolute atomic E-state index is 6.87. The van der Waals surface area contributed by atoms with Crippen LogP contribution in [0.5, 0.6) is 0 Å². The van der Waals surface area contributed by atoms with Crippen LogP contribution < -0.4 is 10.3 Å². The van der Waals surface area contributed by atoms with Crippen LogP contribution in [0.1, 0.15) is 101 Å². The van der Waals surface area contributed by atoms with E-state index in [1.54, 1.807) is 0 Å². The molecule has 0 saturated carbocycles. The smallest absolute Gasteiger partial charge is 0.210 e. The summed E-state index contributed by atoms with van der Waals surface area (Å²) in [4.78, 5) is 0. The fourth-order valence-corrected chi connectivity index (χ4v) is 4.36. The first kappa shape index (κ1) is 22.4. The molecule has 0 aliphatic heterocycles. The summed E-state index contributed by atoms with van der Waals surface area (Å²) < 4.78 is 4.37. The first-order valence-electron chi connectivity index (χ1n) is 11.3. The topological polar surface area (TPSA) is 8.81 Å². The summed E-state index contributed by atoms with van der Waals surface area (Å²) in [6, 6.07) is 13.3. The van der Waals surface area contributed by atoms with Gasteiger partial charge in [0.2, 0.25) is 7.85 Å². The van der Waals surface area contributed by atoms with E-state index in [9.17, 15) is 0 Å². The highest BCUT2D eigenvalue weighted by Gasteiger charge is 2.26. The fraction of sp³-hybridized carbons (Fsp3) is 0.444. The molecule has 0 atom stereocenters. The molecule has 3 aromatic rings. The van der Waals surface area contributed by atoms with Crippen molar-refractivity contribution in [2.45, 2.75) is 79.1 Å². The van der Waals surface area contributed by atoms with Gasteiger partial charge in [-0.1, -0.05) is 91.8 Å². The summed E-state index contributed by atoms with van der Waals surface area (Å²) in [5.74, 6) is 1.68. The summed E-state index contributed by atoms with van der Waals surface area (Å²) in [6.07, 6.45) is 4.26. The van der Waals surface area contributed by atoms with Gasteiger partial charge in [0.1, 0.15) is 23.8 Å². The Labute approximate surface area is 184 Å². The molecule has 0 aliphatic carbocycles. The van der Waals surface area contributed by atoms with E-state index in [0.29, 0.717) is 23.7 Å². The Kier molecular flexibility index (Phi) is 6.60. The molecule has 3 rings (SSSR count). The van der Waals surface area contributed by atoms with Crippen molar-refractivity contribution in [2.75, 3.05) is 0 Å². The van der Waals surface area contributed by atoms with Crippen LogP contribution in [0.2, 0.25) is 0 Å². The second-order valence-corrected chi connectivity index (χ2v) is 9.59. The molecule has 1 heterocycles. The van der Waals surface area contributed by atoms with E-state index in [1.165, 1.54) is 33.6 Å². The van der Waals surface area contributed by atoms with Crippen LogP contribution in [0, 0.1) is 0 Å². The monoisotopic (exact) mass is 399 g/mol. The van der Waals surface area contributed by atoms with Crippen LogP contribution in [0.4, 0.5) is 0 Å². The minimum Gasteiger partial charge on any atom is -0.210 e. The summed E-state index contributed by atoms with van der Waals surface area (Å²) in [5, 5.41) is 0. The van der Waals surface area contributed by atoms with Gasteiger partial charge in [-0.05, 0) is 23.7 Å². The molecule has 3 heteroatoms. The van der Waals surface area contributed by atoms with E-state index in [4.69, 9.17) is 7.85 Å². The summed E-state index contributed by atoms with van der Waals surface area (Å²) >= 11 is 0. The molecular formula is C27H36BN2+. The summed E-state index contributed by atoms with van der Waals surface area (Å²) in [5.41, 5.74) is 8.53. The van der Waals surface area contributed by atoms with Gasteiger partial charge < -0.3 is 0 Å². The Morgan fingerprint density at radius 1 is 0.667 bits per heavy atom. The van der Waals surface area contributed by atoms with Gasteiger partial charge in [0.05, 0.1) is 0 Å². The van der Waals surface area contributed by atoms with E-state index in [2.05, 4.69) is 113 Å². The van der Waals surface area contributed by atoms with Crippen molar-refractivity contribution in [2.24, 2.45) is 0 Å². The zero-order chi connectivity index (χ0) is 22.2. The van der Waals surface area contributed by atoms with E-state index in [-0.39, 0.29) is 0 Å². The molecular weight excluding hydrogens is 363 g/mol. The Morgan fingerprint density at radius 3 is 1.47 bits per heavy atom. The highest BCUT2D eigenvalue weighted by Crippen LogP contribution is 2.31. The molecule has 2 aromatic carbocycles. The van der Waals surface area contributed by atoms with Gasteiger partial charge >= 0.3 is 0 Å². The molecule has 0 unspecified atom stereocenters. The predicted molar refractivity (Wildman–Crippen MR) is 129 cm³/mol. The van der Waals surface area contributed by atoms with Gasteiger partial charge in [0, 0.05) is 22.3 Å². The van der Waals surface area contributed by atoms with Crippen LogP contribution in [0.15, 0.2) is 48.8 Å². The summed E-state index contributed by atoms with van der Waals surface area (Å²) in [6.45, 7) is 18.0. The summed E-state index contributed by atoms with van der Waals surface area (Å²) in [7, 11) is 6.87. The SMILES string of the molecule is [B]c1n(-c2c(C(C)C)cccc2C(C)C)cc[n+]1-c1c(C(C)C)cccc1C(C)C. The van der Waals surface area contributed by atoms with Crippen molar-refractivity contribution in [3.8, 4) is 11.4 Å². The molecule has 2 radical (unpaired) electrons. The van der Waals surface area contributed by atoms with Crippen molar-refractivity contribution in [1.82, 2.24) is 4.57 Å². The van der Waals surface area contributed by atoms with E-state index in [0.717, 1.165) is 5.72 Å². The normalized spacial score (nSPS) is 12.0. The van der Waals surface area contributed by atoms with Crippen LogP contribution >= 0.6 is 0 Å². The van der Waals surface area contributed by atoms with Crippen molar-refractivity contribution < 1.29 is 4.57 Å². The van der Waals surface area contributed by atoms with Gasteiger partial charge in [0.25, 0.3) is 0 Å². The number of hydrogen-bond donors (Lipinski definition) is 0. The van der Waals surface area contributed by atoms with Crippen LogP contribution in [-0.2, 0) is 0 Å². The Bertz CT molecular complexity index is 892. The predicted octanol–water partition coefficient (Wildman–Crippen LogP) is 6.04. The van der Waals surface area contributed by atoms with Crippen molar-refractivity contribution >= 4 is 13.6 Å². The van der Waals surface area contributed by atoms with E-state index >= 15 is 0 Å². The maximum atomic E-state index is 6.87. The second-order valence-electron chi connectivity index (χ2n) is 9.59. The highest BCUT2D eigenvalue weighted by atomic mass is 15.1. The van der Waals surface area contributed by atoms with Crippen molar-refractivity contribution in [3.63, 3.8) is 0 Å². The lowest BCUT2D eigenvalue weighted by Gasteiger charge is -2.19. The molecule has 0 bridgehead atoms. The van der Waals surface area contributed by atoms with Crippen LogP contribution in [-0.4, -0.2) is 12.4 Å². The first-order chi connectivity index (χ1) is 14.1. The standard InChI is InChI=1S/C27H36BN2/c1-17(2)21-11-9-12-22(18(3)4)25(21)29-15-16-30(27(29)28)26-23(19(5)6)13-10-14-24(26)20(7)8/h9-20H,1-8H3/q+1. The lowest BCUT2D eigenvalue weighted by molar-refractivity contribution is -0.576. The number of hydrogen-bond acceptors (Lipinski definition) is 0. The molecule has 0 N–H and O–H groups in total. The van der Waals surface area contributed by atoms with Crippen LogP contribution in [0.3, 0.4) is 0 Å². The van der Waals surface area contributed by atoms with Gasteiger partial charge in [-0.15, -0.1) is 0 Å². The van der Waals surface area contributed by atoms with E-state index in [1.807, 2.05) is 0 Å². The van der Waals surface area contributed by atoms with Gasteiger partial charge in [-0.25, -0.2) is 9.13 Å². The number of aromatic nitrogens is 2. The first-order valence-corrected chi connectivity index (χ1v) is 11.3. The van der Waals surface area contributed by atoms with Crippen molar-refractivity contribution in [3.05, 3.63) is 71.0 Å². The molecule has 2 nitrogen and oxygen atoms in total. The van der Waals surface area contributed by atoms with Crippen molar-refractivity contribution in [1.29, 1.82) is 0 Å². The third kappa shape index (κ3) is 3.99. The minimum atomic E-state index is 0.420. The van der Waals surface area contributed by atoms with Gasteiger partial charge in [-0.2, -0.15) is 0 Å². The number of benzene rings is 2. The van der Waals surface area contributed by atoms with Gasteiger partial charge in [0.15, 0.2) is 5.72 Å². The minimum absolute atomic E-state index is 0.420.